The summed E-state index contributed by atoms with van der Waals surface area (Å²) in [5.41, 5.74) is 2.82. The third-order valence-electron chi connectivity index (χ3n) is 3.63. The van der Waals surface area contributed by atoms with Gasteiger partial charge in [-0.25, -0.2) is 4.79 Å². The normalized spacial score (nSPS) is 9.96. The highest BCUT2D eigenvalue weighted by atomic mass is 16.5. The number of rotatable bonds is 8. The zero-order valence-corrected chi connectivity index (χ0v) is 14.6. The van der Waals surface area contributed by atoms with Crippen LogP contribution in [0.3, 0.4) is 0 Å². The molecule has 4 nitrogen and oxygen atoms in total. The van der Waals surface area contributed by atoms with Crippen LogP contribution >= 0.6 is 0 Å². The van der Waals surface area contributed by atoms with Gasteiger partial charge in [-0.1, -0.05) is 42.5 Å². The molecule has 1 N–H and O–H groups in total. The summed E-state index contributed by atoms with van der Waals surface area (Å²) in [6.45, 7) is 10.8. The van der Waals surface area contributed by atoms with Gasteiger partial charge in [-0.3, -0.25) is 4.90 Å². The number of carbonyl (C=O) groups is 1. The zero-order valence-electron chi connectivity index (χ0n) is 14.6. The third-order valence-corrected chi connectivity index (χ3v) is 3.63. The number of anilines is 1. The molecule has 0 saturated carbocycles. The molecule has 2 amide bonds. The molecule has 130 valence electrons. The molecule has 0 bridgehead atoms. The van der Waals surface area contributed by atoms with Crippen LogP contribution in [0.2, 0.25) is 0 Å². The van der Waals surface area contributed by atoms with Gasteiger partial charge in [0, 0.05) is 18.7 Å². The second kappa shape index (κ2) is 9.33. The molecule has 4 heteroatoms. The summed E-state index contributed by atoms with van der Waals surface area (Å²) in [6.07, 6.45) is 3.37. The Bertz CT molecular complexity index is 723. The Labute approximate surface area is 149 Å². The fourth-order valence-electron chi connectivity index (χ4n) is 2.53. The highest BCUT2D eigenvalue weighted by molar-refractivity contribution is 5.97. The molecule has 0 atom stereocenters. The second-order valence-corrected chi connectivity index (χ2v) is 5.35. The van der Waals surface area contributed by atoms with Gasteiger partial charge in [0.15, 0.2) is 0 Å². The SMILES string of the molecule is C=CCNC(=O)N(CC=C)c1ccccc1-c1ccc(OCC)cc1. The summed E-state index contributed by atoms with van der Waals surface area (Å²) >= 11 is 0. The maximum absolute atomic E-state index is 12.5. The number of hydrogen-bond donors (Lipinski definition) is 1. The molecule has 2 aromatic carbocycles. The van der Waals surface area contributed by atoms with Crippen LogP contribution in [-0.2, 0) is 0 Å². The van der Waals surface area contributed by atoms with E-state index in [0.717, 1.165) is 22.6 Å². The van der Waals surface area contributed by atoms with E-state index in [2.05, 4.69) is 18.5 Å². The minimum Gasteiger partial charge on any atom is -0.494 e. The Morgan fingerprint density at radius 3 is 2.48 bits per heavy atom. The lowest BCUT2D eigenvalue weighted by Crippen LogP contribution is -2.40. The Morgan fingerprint density at radius 1 is 1.12 bits per heavy atom. The van der Waals surface area contributed by atoms with Crippen molar-refractivity contribution in [2.24, 2.45) is 0 Å². The summed E-state index contributed by atoms with van der Waals surface area (Å²) in [7, 11) is 0. The fraction of sp³-hybridized carbons (Fsp3) is 0.190. The van der Waals surface area contributed by atoms with Gasteiger partial charge in [-0.05, 0) is 30.7 Å². The minimum atomic E-state index is -0.182. The highest BCUT2D eigenvalue weighted by Crippen LogP contribution is 2.32. The van der Waals surface area contributed by atoms with Crippen molar-refractivity contribution in [3.05, 3.63) is 73.8 Å². The fourth-order valence-corrected chi connectivity index (χ4v) is 2.53. The molecule has 2 rings (SSSR count). The second-order valence-electron chi connectivity index (χ2n) is 5.35. The van der Waals surface area contributed by atoms with E-state index in [4.69, 9.17) is 4.74 Å². The molecule has 0 aromatic heterocycles. The number of carbonyl (C=O) groups excluding carboxylic acids is 1. The van der Waals surface area contributed by atoms with Crippen LogP contribution in [0.5, 0.6) is 5.75 Å². The van der Waals surface area contributed by atoms with Crippen LogP contribution in [0.4, 0.5) is 10.5 Å². The van der Waals surface area contributed by atoms with Crippen LogP contribution < -0.4 is 15.0 Å². The van der Waals surface area contributed by atoms with Crippen molar-refractivity contribution < 1.29 is 9.53 Å². The Kier molecular flexibility index (Phi) is 6.84. The molecule has 0 aliphatic rings. The lowest BCUT2D eigenvalue weighted by molar-refractivity contribution is 0.248. The lowest BCUT2D eigenvalue weighted by Gasteiger charge is -2.24. The van der Waals surface area contributed by atoms with Gasteiger partial charge < -0.3 is 10.1 Å². The maximum Gasteiger partial charge on any atom is 0.322 e. The van der Waals surface area contributed by atoms with E-state index in [9.17, 15) is 4.79 Å². The van der Waals surface area contributed by atoms with Gasteiger partial charge in [-0.2, -0.15) is 0 Å². The standard InChI is InChI=1S/C21H24N2O2/c1-4-15-22-21(24)23(16-5-2)20-10-8-7-9-19(20)17-11-13-18(14-12-17)25-6-3/h4-5,7-14H,1-2,6,15-16H2,3H3,(H,22,24). The molecule has 0 heterocycles. The van der Waals surface area contributed by atoms with Gasteiger partial charge in [0.2, 0.25) is 0 Å². The van der Waals surface area contributed by atoms with Crippen molar-refractivity contribution in [2.75, 3.05) is 24.6 Å². The summed E-state index contributed by atoms with van der Waals surface area (Å²) in [6, 6.07) is 15.5. The smallest absolute Gasteiger partial charge is 0.322 e. The highest BCUT2D eigenvalue weighted by Gasteiger charge is 2.17. The first-order valence-electron chi connectivity index (χ1n) is 8.30. The third kappa shape index (κ3) is 4.73. The average Bonchev–Trinajstić information content (AvgIpc) is 2.65. The molecule has 0 fully saturated rings. The Morgan fingerprint density at radius 2 is 1.84 bits per heavy atom. The van der Waals surface area contributed by atoms with Gasteiger partial charge in [0.05, 0.1) is 12.3 Å². The first-order chi connectivity index (χ1) is 12.2. The number of para-hydroxylation sites is 1. The number of benzene rings is 2. The topological polar surface area (TPSA) is 41.6 Å². The molecular formula is C21H24N2O2. The summed E-state index contributed by atoms with van der Waals surface area (Å²) < 4.78 is 5.50. The maximum atomic E-state index is 12.5. The molecule has 0 aliphatic heterocycles. The van der Waals surface area contributed by atoms with Crippen molar-refractivity contribution in [2.45, 2.75) is 6.92 Å². The Balaban J connectivity index is 2.38. The first-order valence-corrected chi connectivity index (χ1v) is 8.30. The molecule has 0 radical (unpaired) electrons. The van der Waals surface area contributed by atoms with Gasteiger partial charge in [0.1, 0.15) is 5.75 Å². The monoisotopic (exact) mass is 336 g/mol. The summed E-state index contributed by atoms with van der Waals surface area (Å²) in [4.78, 5) is 14.2. The molecule has 0 saturated heterocycles. The number of nitrogens with one attached hydrogen (secondary N) is 1. The summed E-state index contributed by atoms with van der Waals surface area (Å²) in [5.74, 6) is 0.829. The van der Waals surface area contributed by atoms with Crippen LogP contribution in [0.15, 0.2) is 73.8 Å². The number of urea groups is 1. The van der Waals surface area contributed by atoms with Crippen LogP contribution in [0, 0.1) is 0 Å². The molecule has 0 spiro atoms. The Hall–Kier alpha value is -3.01. The minimum absolute atomic E-state index is 0.182. The largest absolute Gasteiger partial charge is 0.494 e. The number of hydrogen-bond acceptors (Lipinski definition) is 2. The van der Waals surface area contributed by atoms with Crippen molar-refractivity contribution in [3.8, 4) is 16.9 Å². The van der Waals surface area contributed by atoms with Gasteiger partial charge in [0.25, 0.3) is 0 Å². The average molecular weight is 336 g/mol. The van der Waals surface area contributed by atoms with Crippen molar-refractivity contribution in [1.29, 1.82) is 0 Å². The van der Waals surface area contributed by atoms with Crippen molar-refractivity contribution in [3.63, 3.8) is 0 Å². The number of nitrogens with zero attached hydrogens (tertiary/aromatic N) is 1. The van der Waals surface area contributed by atoms with Crippen molar-refractivity contribution in [1.82, 2.24) is 5.32 Å². The van der Waals surface area contributed by atoms with Crippen LogP contribution in [0.1, 0.15) is 6.92 Å². The number of ether oxygens (including phenoxy) is 1. The molecule has 25 heavy (non-hydrogen) atoms. The summed E-state index contributed by atoms with van der Waals surface area (Å²) in [5, 5.41) is 2.82. The zero-order chi connectivity index (χ0) is 18.1. The van der Waals surface area contributed by atoms with E-state index >= 15 is 0 Å². The van der Waals surface area contributed by atoms with E-state index in [-0.39, 0.29) is 6.03 Å². The van der Waals surface area contributed by atoms with Gasteiger partial charge >= 0.3 is 6.03 Å². The van der Waals surface area contributed by atoms with E-state index in [1.54, 1.807) is 17.1 Å². The van der Waals surface area contributed by atoms with E-state index in [1.807, 2.05) is 55.5 Å². The molecule has 0 aliphatic carbocycles. The van der Waals surface area contributed by atoms with E-state index in [1.165, 1.54) is 0 Å². The lowest BCUT2D eigenvalue weighted by atomic mass is 10.0. The quantitative estimate of drug-likeness (QED) is 0.714. The van der Waals surface area contributed by atoms with Crippen molar-refractivity contribution >= 4 is 11.7 Å². The first kappa shape index (κ1) is 18.3. The van der Waals surface area contributed by atoms with E-state index in [0.29, 0.717) is 19.7 Å². The van der Waals surface area contributed by atoms with Crippen LogP contribution in [0.25, 0.3) is 11.1 Å². The van der Waals surface area contributed by atoms with Crippen LogP contribution in [-0.4, -0.2) is 25.7 Å². The predicted molar refractivity (Wildman–Crippen MR) is 104 cm³/mol. The van der Waals surface area contributed by atoms with E-state index < -0.39 is 0 Å². The van der Waals surface area contributed by atoms with Gasteiger partial charge in [-0.15, -0.1) is 13.2 Å². The molecular weight excluding hydrogens is 312 g/mol. The molecule has 0 unspecified atom stereocenters. The predicted octanol–water partition coefficient (Wildman–Crippen LogP) is 4.64. The molecule has 2 aromatic rings. The number of amides is 2.